The lowest BCUT2D eigenvalue weighted by molar-refractivity contribution is 0.0527. The molecule has 0 aliphatic heterocycles. The number of esters is 1. The quantitative estimate of drug-likeness (QED) is 0.542. The summed E-state index contributed by atoms with van der Waals surface area (Å²) in [4.78, 5) is 40.6. The molecule has 0 fully saturated rings. The molecule has 2 amide bonds. The number of carbonyl (C=O) groups excluding carboxylic acids is 3. The minimum atomic E-state index is -0.543. The summed E-state index contributed by atoms with van der Waals surface area (Å²) in [7, 11) is 1.54. The number of nitrogens with one attached hydrogen (secondary N) is 2. The van der Waals surface area contributed by atoms with Crippen molar-refractivity contribution in [1.82, 2.24) is 10.3 Å². The lowest BCUT2D eigenvalue weighted by atomic mass is 10.1. The fourth-order valence-electron chi connectivity index (χ4n) is 2.23. The number of pyridine rings is 1. The number of carbonyl (C=O) groups is 3. The highest BCUT2D eigenvalue weighted by atomic mass is 16.5. The number of anilines is 1. The van der Waals surface area contributed by atoms with Gasteiger partial charge in [-0.05, 0) is 31.2 Å². The molecular formula is C19H21N3O5. The third kappa shape index (κ3) is 5.61. The molecule has 27 heavy (non-hydrogen) atoms. The van der Waals surface area contributed by atoms with Crippen molar-refractivity contribution in [3.8, 4) is 0 Å². The summed E-state index contributed by atoms with van der Waals surface area (Å²) < 4.78 is 9.86. The fraction of sp³-hybridized carbons (Fsp3) is 0.263. The molecule has 0 spiro atoms. The number of methoxy groups -OCH3 is 1. The van der Waals surface area contributed by atoms with Gasteiger partial charge in [-0.25, -0.2) is 4.79 Å². The zero-order valence-corrected chi connectivity index (χ0v) is 15.2. The maximum absolute atomic E-state index is 12.5. The van der Waals surface area contributed by atoms with Crippen LogP contribution in [0.15, 0.2) is 42.6 Å². The van der Waals surface area contributed by atoms with Crippen molar-refractivity contribution in [2.45, 2.75) is 6.92 Å². The molecule has 142 valence electrons. The van der Waals surface area contributed by atoms with E-state index in [9.17, 15) is 14.4 Å². The monoisotopic (exact) mass is 371 g/mol. The standard InChI is InChI=1S/C19H21N3O5/c1-3-27-19(25)14-6-4-5-7-15(14)22-18(24)16-12-13(8-9-20-16)17(23)21-10-11-26-2/h4-9,12H,3,10-11H2,1-2H3,(H,21,23)(H,22,24). The van der Waals surface area contributed by atoms with E-state index in [1.807, 2.05) is 0 Å². The molecule has 2 N–H and O–H groups in total. The second-order valence-electron chi connectivity index (χ2n) is 5.40. The normalized spacial score (nSPS) is 10.1. The molecule has 0 radical (unpaired) electrons. The Morgan fingerprint density at radius 2 is 1.89 bits per heavy atom. The second kappa shape index (κ2) is 10.0. The highest BCUT2D eigenvalue weighted by molar-refractivity contribution is 6.08. The lowest BCUT2D eigenvalue weighted by Gasteiger charge is -2.10. The molecule has 1 heterocycles. The van der Waals surface area contributed by atoms with Gasteiger partial charge in [0.15, 0.2) is 0 Å². The molecule has 0 atom stereocenters. The summed E-state index contributed by atoms with van der Waals surface area (Å²) in [5.74, 6) is -1.42. The molecular weight excluding hydrogens is 350 g/mol. The van der Waals surface area contributed by atoms with Gasteiger partial charge >= 0.3 is 5.97 Å². The van der Waals surface area contributed by atoms with E-state index < -0.39 is 11.9 Å². The SMILES string of the molecule is CCOC(=O)c1ccccc1NC(=O)c1cc(C(=O)NCCOC)ccn1. The number of amides is 2. The first-order chi connectivity index (χ1) is 13.1. The molecule has 2 rings (SSSR count). The van der Waals surface area contributed by atoms with Crippen LogP contribution in [0.1, 0.15) is 38.1 Å². The van der Waals surface area contributed by atoms with E-state index in [0.717, 1.165) is 0 Å². The molecule has 0 aliphatic rings. The van der Waals surface area contributed by atoms with Gasteiger partial charge in [-0.1, -0.05) is 12.1 Å². The number of aromatic nitrogens is 1. The third-order valence-corrected chi connectivity index (χ3v) is 3.52. The topological polar surface area (TPSA) is 107 Å². The first kappa shape index (κ1) is 20.1. The average molecular weight is 371 g/mol. The van der Waals surface area contributed by atoms with Crippen molar-refractivity contribution in [1.29, 1.82) is 0 Å². The summed E-state index contributed by atoms with van der Waals surface area (Å²) in [5.41, 5.74) is 0.886. The zero-order valence-electron chi connectivity index (χ0n) is 15.2. The summed E-state index contributed by atoms with van der Waals surface area (Å²) in [6.07, 6.45) is 1.37. The Labute approximate surface area is 156 Å². The van der Waals surface area contributed by atoms with E-state index in [1.165, 1.54) is 25.4 Å². The number of hydrogen-bond acceptors (Lipinski definition) is 6. The highest BCUT2D eigenvalue weighted by Crippen LogP contribution is 2.17. The number of ether oxygens (including phenoxy) is 2. The van der Waals surface area contributed by atoms with E-state index in [-0.39, 0.29) is 23.8 Å². The van der Waals surface area contributed by atoms with Crippen LogP contribution in [-0.4, -0.2) is 49.6 Å². The van der Waals surface area contributed by atoms with Gasteiger partial charge in [-0.3, -0.25) is 14.6 Å². The van der Waals surface area contributed by atoms with Crippen LogP contribution in [0.4, 0.5) is 5.69 Å². The number of para-hydroxylation sites is 1. The van der Waals surface area contributed by atoms with Crippen molar-refractivity contribution in [2.75, 3.05) is 32.2 Å². The van der Waals surface area contributed by atoms with E-state index in [4.69, 9.17) is 9.47 Å². The van der Waals surface area contributed by atoms with E-state index in [2.05, 4.69) is 15.6 Å². The molecule has 1 aromatic carbocycles. The van der Waals surface area contributed by atoms with Gasteiger partial charge in [0.1, 0.15) is 5.69 Å². The minimum Gasteiger partial charge on any atom is -0.462 e. The number of benzene rings is 1. The molecule has 0 aliphatic carbocycles. The van der Waals surface area contributed by atoms with Crippen molar-refractivity contribution in [3.63, 3.8) is 0 Å². The van der Waals surface area contributed by atoms with Crippen LogP contribution in [0.3, 0.4) is 0 Å². The van der Waals surface area contributed by atoms with Gasteiger partial charge in [0.25, 0.3) is 11.8 Å². The highest BCUT2D eigenvalue weighted by Gasteiger charge is 2.16. The number of rotatable bonds is 8. The van der Waals surface area contributed by atoms with Gasteiger partial charge < -0.3 is 20.1 Å². The molecule has 8 nitrogen and oxygen atoms in total. The third-order valence-electron chi connectivity index (χ3n) is 3.52. The summed E-state index contributed by atoms with van der Waals surface area (Å²) in [6.45, 7) is 2.66. The lowest BCUT2D eigenvalue weighted by Crippen LogP contribution is -2.27. The fourth-order valence-corrected chi connectivity index (χ4v) is 2.23. The Bertz CT molecular complexity index is 822. The molecule has 0 bridgehead atoms. The Balaban J connectivity index is 2.14. The van der Waals surface area contributed by atoms with Crippen molar-refractivity contribution in [2.24, 2.45) is 0 Å². The molecule has 0 saturated carbocycles. The Morgan fingerprint density at radius 3 is 2.63 bits per heavy atom. The molecule has 2 aromatic rings. The molecule has 0 saturated heterocycles. The van der Waals surface area contributed by atoms with Gasteiger partial charge in [-0.2, -0.15) is 0 Å². The summed E-state index contributed by atoms with van der Waals surface area (Å²) >= 11 is 0. The van der Waals surface area contributed by atoms with Crippen LogP contribution in [0.2, 0.25) is 0 Å². The van der Waals surface area contributed by atoms with Crippen LogP contribution in [0.5, 0.6) is 0 Å². The van der Waals surface area contributed by atoms with Crippen molar-refractivity contribution >= 4 is 23.5 Å². The maximum atomic E-state index is 12.5. The summed E-state index contributed by atoms with van der Waals surface area (Å²) in [6, 6.07) is 9.39. The number of nitrogens with zero attached hydrogens (tertiary/aromatic N) is 1. The minimum absolute atomic E-state index is 0.0491. The van der Waals surface area contributed by atoms with E-state index >= 15 is 0 Å². The predicted octanol–water partition coefficient (Wildman–Crippen LogP) is 1.89. The van der Waals surface area contributed by atoms with Gasteiger partial charge in [-0.15, -0.1) is 0 Å². The molecule has 0 unspecified atom stereocenters. The van der Waals surface area contributed by atoms with Crippen molar-refractivity contribution < 1.29 is 23.9 Å². The van der Waals surface area contributed by atoms with Crippen LogP contribution in [0.25, 0.3) is 0 Å². The number of hydrogen-bond donors (Lipinski definition) is 2. The van der Waals surface area contributed by atoms with Crippen LogP contribution < -0.4 is 10.6 Å². The van der Waals surface area contributed by atoms with E-state index in [1.54, 1.807) is 31.2 Å². The van der Waals surface area contributed by atoms with Crippen molar-refractivity contribution in [3.05, 3.63) is 59.4 Å². The Hall–Kier alpha value is -3.26. The maximum Gasteiger partial charge on any atom is 0.340 e. The second-order valence-corrected chi connectivity index (χ2v) is 5.40. The average Bonchev–Trinajstić information content (AvgIpc) is 2.68. The summed E-state index contributed by atoms with van der Waals surface area (Å²) in [5, 5.41) is 5.30. The Kier molecular flexibility index (Phi) is 7.45. The molecule has 8 heteroatoms. The molecule has 1 aromatic heterocycles. The van der Waals surface area contributed by atoms with Crippen LogP contribution >= 0.6 is 0 Å². The van der Waals surface area contributed by atoms with Gasteiger partial charge in [0.05, 0.1) is 24.5 Å². The van der Waals surface area contributed by atoms with E-state index in [0.29, 0.717) is 24.4 Å². The van der Waals surface area contributed by atoms with Gasteiger partial charge in [0.2, 0.25) is 0 Å². The smallest absolute Gasteiger partial charge is 0.340 e. The first-order valence-corrected chi connectivity index (χ1v) is 8.37. The first-order valence-electron chi connectivity index (χ1n) is 8.37. The van der Waals surface area contributed by atoms with Gasteiger partial charge in [0, 0.05) is 25.4 Å². The zero-order chi connectivity index (χ0) is 19.6. The predicted molar refractivity (Wildman–Crippen MR) is 98.8 cm³/mol. The van der Waals surface area contributed by atoms with Crippen LogP contribution in [0, 0.1) is 0 Å². The Morgan fingerprint density at radius 1 is 1.11 bits per heavy atom. The van der Waals surface area contributed by atoms with Crippen LogP contribution in [-0.2, 0) is 9.47 Å². The largest absolute Gasteiger partial charge is 0.462 e.